The second-order valence-corrected chi connectivity index (χ2v) is 5.65. The molecule has 0 aliphatic carbocycles. The number of aryl methyl sites for hydroxylation is 1. The zero-order chi connectivity index (χ0) is 16.4. The Bertz CT molecular complexity index is 748. The molecule has 1 N–H and O–H groups in total. The first-order valence-corrected chi connectivity index (χ1v) is 7.86. The van der Waals surface area contributed by atoms with Crippen LogP contribution in [0.3, 0.4) is 0 Å². The Balaban J connectivity index is 1.77. The molecule has 0 saturated carbocycles. The minimum absolute atomic E-state index is 0.0902. The first-order chi connectivity index (χ1) is 11.1. The van der Waals surface area contributed by atoms with Crippen LogP contribution in [0, 0.1) is 6.92 Å². The predicted octanol–water partition coefficient (Wildman–Crippen LogP) is 2.82. The van der Waals surface area contributed by atoms with Crippen LogP contribution in [0.15, 0.2) is 34.7 Å². The van der Waals surface area contributed by atoms with Gasteiger partial charge in [0.15, 0.2) is 0 Å². The highest BCUT2D eigenvalue weighted by Gasteiger charge is 2.27. The number of carbonyl (C=O) groups is 2. The zero-order valence-corrected chi connectivity index (χ0v) is 13.4. The lowest BCUT2D eigenvalue weighted by Gasteiger charge is -2.16. The van der Waals surface area contributed by atoms with Gasteiger partial charge in [0.25, 0.3) is 5.91 Å². The predicted molar refractivity (Wildman–Crippen MR) is 87.4 cm³/mol. The monoisotopic (exact) mass is 312 g/mol. The summed E-state index contributed by atoms with van der Waals surface area (Å²) in [6, 6.07) is 9.26. The van der Waals surface area contributed by atoms with Crippen LogP contribution in [-0.4, -0.2) is 18.4 Å². The summed E-state index contributed by atoms with van der Waals surface area (Å²) in [5.41, 5.74) is 2.44. The van der Waals surface area contributed by atoms with Gasteiger partial charge in [0.1, 0.15) is 11.5 Å². The molecule has 5 nitrogen and oxygen atoms in total. The number of nitrogens with zero attached hydrogens (tertiary/aromatic N) is 1. The van der Waals surface area contributed by atoms with Crippen LogP contribution in [-0.2, 0) is 17.8 Å². The lowest BCUT2D eigenvalue weighted by molar-refractivity contribution is -0.118. The molecule has 0 radical (unpaired) electrons. The molecule has 5 heteroatoms. The molecule has 23 heavy (non-hydrogen) atoms. The van der Waals surface area contributed by atoms with E-state index >= 15 is 0 Å². The van der Waals surface area contributed by atoms with Gasteiger partial charge in [-0.2, -0.15) is 0 Å². The fraction of sp³-hybridized carbons (Fsp3) is 0.333. The summed E-state index contributed by atoms with van der Waals surface area (Å²) in [4.78, 5) is 26.2. The highest BCUT2D eigenvalue weighted by atomic mass is 16.3. The Kier molecular flexibility index (Phi) is 4.19. The molecule has 0 atom stereocenters. The molecule has 0 bridgehead atoms. The van der Waals surface area contributed by atoms with Gasteiger partial charge in [-0.25, -0.2) is 0 Å². The maximum atomic E-state index is 12.5. The molecular formula is C18H20N2O3. The third-order valence-corrected chi connectivity index (χ3v) is 4.09. The summed E-state index contributed by atoms with van der Waals surface area (Å²) in [6.07, 6.45) is 1.18. The van der Waals surface area contributed by atoms with Crippen molar-refractivity contribution < 1.29 is 14.0 Å². The van der Waals surface area contributed by atoms with E-state index in [1.165, 1.54) is 0 Å². The van der Waals surface area contributed by atoms with Crippen LogP contribution in [0.1, 0.15) is 40.8 Å². The molecule has 0 saturated heterocycles. The minimum Gasteiger partial charge on any atom is -0.465 e. The number of hydrogen-bond donors (Lipinski definition) is 1. The van der Waals surface area contributed by atoms with Gasteiger partial charge >= 0.3 is 0 Å². The van der Waals surface area contributed by atoms with Crippen LogP contribution in [0.2, 0.25) is 0 Å². The molecule has 0 spiro atoms. The minimum atomic E-state index is -0.137. The van der Waals surface area contributed by atoms with Gasteiger partial charge in [0, 0.05) is 24.2 Å². The number of hydrogen-bond acceptors (Lipinski definition) is 3. The Labute approximate surface area is 135 Å². The van der Waals surface area contributed by atoms with E-state index in [-0.39, 0.29) is 11.8 Å². The van der Waals surface area contributed by atoms with Crippen molar-refractivity contribution in [3.05, 3.63) is 53.0 Å². The fourth-order valence-electron chi connectivity index (χ4n) is 2.94. The van der Waals surface area contributed by atoms with Gasteiger partial charge in [-0.05, 0) is 43.2 Å². The lowest BCUT2D eigenvalue weighted by Crippen LogP contribution is -2.27. The summed E-state index contributed by atoms with van der Waals surface area (Å²) in [7, 11) is 0. The van der Waals surface area contributed by atoms with Crippen molar-refractivity contribution >= 4 is 17.5 Å². The first-order valence-electron chi connectivity index (χ1n) is 7.86. The highest BCUT2D eigenvalue weighted by molar-refractivity contribution is 6.01. The van der Waals surface area contributed by atoms with Crippen molar-refractivity contribution in [1.29, 1.82) is 0 Å². The van der Waals surface area contributed by atoms with Gasteiger partial charge in [-0.3, -0.25) is 9.59 Å². The molecule has 0 unspecified atom stereocenters. The number of fused-ring (bicyclic) bond motifs is 1. The van der Waals surface area contributed by atoms with Crippen LogP contribution in [0.5, 0.6) is 0 Å². The molecule has 1 aliphatic heterocycles. The van der Waals surface area contributed by atoms with Crippen molar-refractivity contribution in [2.45, 2.75) is 33.2 Å². The zero-order valence-electron chi connectivity index (χ0n) is 13.4. The first kappa shape index (κ1) is 15.3. The fourth-order valence-corrected chi connectivity index (χ4v) is 2.94. The summed E-state index contributed by atoms with van der Waals surface area (Å²) in [5, 5.41) is 2.88. The molecule has 1 aromatic carbocycles. The Morgan fingerprint density at radius 3 is 2.78 bits per heavy atom. The largest absolute Gasteiger partial charge is 0.465 e. The van der Waals surface area contributed by atoms with Gasteiger partial charge in [0.05, 0.1) is 6.54 Å². The third-order valence-electron chi connectivity index (χ3n) is 4.09. The van der Waals surface area contributed by atoms with Gasteiger partial charge < -0.3 is 14.6 Å². The normalized spacial score (nSPS) is 13.0. The maximum Gasteiger partial charge on any atom is 0.252 e. The molecule has 0 fully saturated rings. The highest BCUT2D eigenvalue weighted by Crippen LogP contribution is 2.31. The molecule has 3 rings (SSSR count). The number of amides is 2. The van der Waals surface area contributed by atoms with E-state index in [4.69, 9.17) is 4.42 Å². The summed E-state index contributed by atoms with van der Waals surface area (Å²) in [5.74, 6) is 1.50. The maximum absolute atomic E-state index is 12.5. The van der Waals surface area contributed by atoms with E-state index in [9.17, 15) is 9.59 Å². The number of nitrogens with one attached hydrogen (secondary N) is 1. The lowest BCUT2D eigenvalue weighted by atomic mass is 10.0. The molecule has 2 heterocycles. The Morgan fingerprint density at radius 2 is 2.09 bits per heavy atom. The van der Waals surface area contributed by atoms with Crippen molar-refractivity contribution in [1.82, 2.24) is 5.32 Å². The van der Waals surface area contributed by atoms with Crippen LogP contribution in [0.4, 0.5) is 5.69 Å². The molecule has 2 aromatic rings. The summed E-state index contributed by atoms with van der Waals surface area (Å²) >= 11 is 0. The number of anilines is 1. The van der Waals surface area contributed by atoms with Gasteiger partial charge in [-0.15, -0.1) is 0 Å². The number of carbonyl (C=O) groups excluding carboxylic acids is 2. The average Bonchev–Trinajstić information content (AvgIpc) is 3.17. The number of furan rings is 1. The van der Waals surface area contributed by atoms with E-state index in [0.29, 0.717) is 31.5 Å². The van der Waals surface area contributed by atoms with Gasteiger partial charge in [-0.1, -0.05) is 13.0 Å². The smallest absolute Gasteiger partial charge is 0.252 e. The van der Waals surface area contributed by atoms with Crippen molar-refractivity contribution in [2.24, 2.45) is 0 Å². The molecule has 1 aromatic heterocycles. The molecular weight excluding hydrogens is 292 g/mol. The average molecular weight is 312 g/mol. The van der Waals surface area contributed by atoms with E-state index < -0.39 is 0 Å². The van der Waals surface area contributed by atoms with Crippen LogP contribution >= 0.6 is 0 Å². The van der Waals surface area contributed by atoms with Crippen molar-refractivity contribution in [3.63, 3.8) is 0 Å². The quantitative estimate of drug-likeness (QED) is 0.944. The van der Waals surface area contributed by atoms with Crippen LogP contribution in [0.25, 0.3) is 0 Å². The van der Waals surface area contributed by atoms with Gasteiger partial charge in [0.2, 0.25) is 5.91 Å². The van der Waals surface area contributed by atoms with E-state index in [1.807, 2.05) is 44.2 Å². The van der Waals surface area contributed by atoms with E-state index in [2.05, 4.69) is 5.32 Å². The van der Waals surface area contributed by atoms with Crippen LogP contribution < -0.4 is 10.2 Å². The van der Waals surface area contributed by atoms with E-state index in [1.54, 1.807) is 4.90 Å². The summed E-state index contributed by atoms with van der Waals surface area (Å²) < 4.78 is 5.46. The summed E-state index contributed by atoms with van der Waals surface area (Å²) in [6.45, 7) is 4.72. The Morgan fingerprint density at radius 1 is 1.26 bits per heavy atom. The second kappa shape index (κ2) is 6.28. The molecule has 1 aliphatic rings. The SMILES string of the molecule is CCC(=O)N1CCc2c(C(=O)NCc3ccc(C)o3)cccc21. The number of benzene rings is 1. The van der Waals surface area contributed by atoms with E-state index in [0.717, 1.165) is 22.8 Å². The third kappa shape index (κ3) is 2.99. The van der Waals surface area contributed by atoms with Crippen molar-refractivity contribution in [3.8, 4) is 0 Å². The molecule has 2 amide bonds. The van der Waals surface area contributed by atoms with Crippen molar-refractivity contribution in [2.75, 3.05) is 11.4 Å². The second-order valence-electron chi connectivity index (χ2n) is 5.65. The topological polar surface area (TPSA) is 62.6 Å². The standard InChI is InChI=1S/C18H20N2O3/c1-3-17(21)20-10-9-14-15(5-4-6-16(14)20)18(22)19-11-13-8-7-12(2)23-13/h4-8H,3,9-11H2,1-2H3,(H,19,22). The number of rotatable bonds is 4. The molecule has 120 valence electrons. The Hall–Kier alpha value is -2.56.